The van der Waals surface area contributed by atoms with Gasteiger partial charge in [0.15, 0.2) is 0 Å². The van der Waals surface area contributed by atoms with Crippen molar-refractivity contribution in [2.45, 2.75) is 39.8 Å². The average molecular weight is 290 g/mol. The summed E-state index contributed by atoms with van der Waals surface area (Å²) in [6.45, 7) is 6.91. The molecule has 0 aromatic heterocycles. The third kappa shape index (κ3) is 3.74. The van der Waals surface area contributed by atoms with E-state index < -0.39 is 12.0 Å². The first-order chi connectivity index (χ1) is 9.78. The minimum atomic E-state index is -0.963. The lowest BCUT2D eigenvalue weighted by atomic mass is 9.94. The molecule has 1 aliphatic heterocycles. The second kappa shape index (κ2) is 5.76. The maximum absolute atomic E-state index is 12.3. The van der Waals surface area contributed by atoms with Gasteiger partial charge in [-0.25, -0.2) is 9.59 Å². The highest BCUT2D eigenvalue weighted by Crippen LogP contribution is 2.23. The molecular weight excluding hydrogens is 268 g/mol. The molecule has 1 heterocycles. The number of hydrogen-bond acceptors (Lipinski definition) is 2. The molecule has 2 amide bonds. The quantitative estimate of drug-likeness (QED) is 0.877. The summed E-state index contributed by atoms with van der Waals surface area (Å²) in [4.78, 5) is 25.2. The number of rotatable bonds is 2. The van der Waals surface area contributed by atoms with E-state index in [-0.39, 0.29) is 11.4 Å². The van der Waals surface area contributed by atoms with E-state index in [2.05, 4.69) is 5.32 Å². The lowest BCUT2D eigenvalue weighted by Crippen LogP contribution is -2.53. The maximum atomic E-state index is 12.3. The Hall–Kier alpha value is -2.04. The van der Waals surface area contributed by atoms with E-state index in [9.17, 15) is 14.7 Å². The van der Waals surface area contributed by atoms with Gasteiger partial charge in [0.2, 0.25) is 0 Å². The predicted molar refractivity (Wildman–Crippen MR) is 80.0 cm³/mol. The van der Waals surface area contributed by atoms with Gasteiger partial charge >= 0.3 is 12.0 Å². The van der Waals surface area contributed by atoms with E-state index in [0.29, 0.717) is 19.5 Å². The topological polar surface area (TPSA) is 69.6 Å². The van der Waals surface area contributed by atoms with Gasteiger partial charge in [-0.2, -0.15) is 0 Å². The summed E-state index contributed by atoms with van der Waals surface area (Å²) >= 11 is 0. The molecule has 0 bridgehead atoms. The van der Waals surface area contributed by atoms with Gasteiger partial charge in [-0.05, 0) is 16.5 Å². The highest BCUT2D eigenvalue weighted by molar-refractivity contribution is 5.83. The van der Waals surface area contributed by atoms with E-state index in [1.807, 2.05) is 45.0 Å². The van der Waals surface area contributed by atoms with Gasteiger partial charge in [0.05, 0.1) is 0 Å². The number of urea groups is 1. The van der Waals surface area contributed by atoms with Gasteiger partial charge in [-0.3, -0.25) is 0 Å². The first-order valence-electron chi connectivity index (χ1n) is 7.12. The van der Waals surface area contributed by atoms with Crippen LogP contribution in [0.5, 0.6) is 0 Å². The van der Waals surface area contributed by atoms with Crippen LogP contribution < -0.4 is 5.32 Å². The fourth-order valence-electron chi connectivity index (χ4n) is 2.40. The van der Waals surface area contributed by atoms with Crippen molar-refractivity contribution in [3.05, 3.63) is 35.4 Å². The number of fused-ring (bicyclic) bond motifs is 1. The largest absolute Gasteiger partial charge is 0.480 e. The zero-order valence-corrected chi connectivity index (χ0v) is 12.7. The lowest BCUT2D eigenvalue weighted by molar-refractivity contribution is -0.142. The fraction of sp³-hybridized carbons (Fsp3) is 0.500. The van der Waals surface area contributed by atoms with Gasteiger partial charge in [0, 0.05) is 19.5 Å². The van der Waals surface area contributed by atoms with Gasteiger partial charge in [0.1, 0.15) is 6.04 Å². The lowest BCUT2D eigenvalue weighted by Gasteiger charge is -2.35. The third-order valence-corrected chi connectivity index (χ3v) is 3.56. The van der Waals surface area contributed by atoms with Gasteiger partial charge in [0.25, 0.3) is 0 Å². The number of nitrogens with one attached hydrogen (secondary N) is 1. The molecule has 1 aromatic carbocycles. The Morgan fingerprint density at radius 2 is 1.90 bits per heavy atom. The Labute approximate surface area is 125 Å². The second-order valence-electron chi connectivity index (χ2n) is 6.67. The van der Waals surface area contributed by atoms with Crippen molar-refractivity contribution in [3.8, 4) is 0 Å². The van der Waals surface area contributed by atoms with Crippen LogP contribution in [0.15, 0.2) is 24.3 Å². The smallest absolute Gasteiger partial charge is 0.326 e. The molecule has 1 aliphatic rings. The first kappa shape index (κ1) is 15.4. The van der Waals surface area contributed by atoms with E-state index in [1.54, 1.807) is 0 Å². The number of carbonyl (C=O) groups excluding carboxylic acids is 1. The zero-order valence-electron chi connectivity index (χ0n) is 12.7. The standard InChI is InChI=1S/C16H22N2O3/c1-16(2,3)10-17-15(21)18-9-12-7-5-4-6-11(12)8-13(18)14(19)20/h4-7,13H,8-10H2,1-3H3,(H,17,21)(H,19,20)/t13-/m0/s1. The Morgan fingerprint density at radius 1 is 1.29 bits per heavy atom. The highest BCUT2D eigenvalue weighted by atomic mass is 16.4. The van der Waals surface area contributed by atoms with Crippen LogP contribution in [-0.2, 0) is 17.8 Å². The van der Waals surface area contributed by atoms with E-state index >= 15 is 0 Å². The van der Waals surface area contributed by atoms with Crippen LogP contribution in [0.3, 0.4) is 0 Å². The fourth-order valence-corrected chi connectivity index (χ4v) is 2.40. The molecule has 0 aliphatic carbocycles. The molecule has 0 radical (unpaired) electrons. The summed E-state index contributed by atoms with van der Waals surface area (Å²) in [5, 5.41) is 12.2. The number of nitrogens with zero attached hydrogens (tertiary/aromatic N) is 1. The monoisotopic (exact) mass is 290 g/mol. The SMILES string of the molecule is CC(C)(C)CNC(=O)N1Cc2ccccc2C[C@H]1C(=O)O. The molecule has 114 valence electrons. The number of hydrogen-bond donors (Lipinski definition) is 2. The molecule has 0 spiro atoms. The Morgan fingerprint density at radius 3 is 2.48 bits per heavy atom. The van der Waals surface area contributed by atoms with Gasteiger partial charge in [-0.1, -0.05) is 45.0 Å². The highest BCUT2D eigenvalue weighted by Gasteiger charge is 2.34. The molecule has 2 rings (SSSR count). The second-order valence-corrected chi connectivity index (χ2v) is 6.67. The third-order valence-electron chi connectivity index (χ3n) is 3.56. The summed E-state index contributed by atoms with van der Waals surface area (Å²) in [6, 6.07) is 6.55. The van der Waals surface area contributed by atoms with Gasteiger partial charge < -0.3 is 15.3 Å². The molecule has 0 unspecified atom stereocenters. The predicted octanol–water partition coefficient (Wildman–Crippen LogP) is 2.25. The van der Waals surface area contributed by atoms with Crippen molar-refractivity contribution in [1.29, 1.82) is 0 Å². The molecule has 1 atom stereocenters. The summed E-state index contributed by atoms with van der Waals surface area (Å²) in [6.07, 6.45) is 0.356. The Bertz CT molecular complexity index is 549. The number of carboxylic acid groups (broad SMARTS) is 1. The molecule has 0 saturated heterocycles. The molecule has 2 N–H and O–H groups in total. The van der Waals surface area contributed by atoms with E-state index in [0.717, 1.165) is 11.1 Å². The minimum absolute atomic E-state index is 0.0396. The van der Waals surface area contributed by atoms with Crippen LogP contribution >= 0.6 is 0 Å². The number of carbonyl (C=O) groups is 2. The molecule has 0 saturated carbocycles. The van der Waals surface area contributed by atoms with Crippen molar-refractivity contribution in [2.24, 2.45) is 5.41 Å². The molecule has 5 heteroatoms. The summed E-state index contributed by atoms with van der Waals surface area (Å²) in [7, 11) is 0. The van der Waals surface area contributed by atoms with Gasteiger partial charge in [-0.15, -0.1) is 0 Å². The Kier molecular flexibility index (Phi) is 4.21. The van der Waals surface area contributed by atoms with Crippen molar-refractivity contribution in [3.63, 3.8) is 0 Å². The van der Waals surface area contributed by atoms with Crippen molar-refractivity contribution >= 4 is 12.0 Å². The van der Waals surface area contributed by atoms with Crippen LogP contribution in [0.4, 0.5) is 4.79 Å². The minimum Gasteiger partial charge on any atom is -0.480 e. The molecule has 1 aromatic rings. The summed E-state index contributed by atoms with van der Waals surface area (Å²) in [5.41, 5.74) is 1.98. The van der Waals surface area contributed by atoms with Crippen molar-refractivity contribution in [2.75, 3.05) is 6.54 Å². The van der Waals surface area contributed by atoms with Crippen LogP contribution in [-0.4, -0.2) is 34.6 Å². The number of amides is 2. The molecule has 5 nitrogen and oxygen atoms in total. The Balaban J connectivity index is 2.17. The van der Waals surface area contributed by atoms with Crippen LogP contribution in [0.2, 0.25) is 0 Å². The zero-order chi connectivity index (χ0) is 15.6. The molecular formula is C16H22N2O3. The molecule has 0 fully saturated rings. The average Bonchev–Trinajstić information content (AvgIpc) is 2.42. The van der Waals surface area contributed by atoms with E-state index in [4.69, 9.17) is 0 Å². The number of benzene rings is 1. The maximum Gasteiger partial charge on any atom is 0.326 e. The summed E-state index contributed by atoms with van der Waals surface area (Å²) in [5.74, 6) is -0.963. The van der Waals surface area contributed by atoms with Crippen molar-refractivity contribution in [1.82, 2.24) is 10.2 Å². The number of aliphatic carboxylic acids is 1. The number of carboxylic acids is 1. The first-order valence-corrected chi connectivity index (χ1v) is 7.12. The van der Waals surface area contributed by atoms with Crippen LogP contribution in [0.25, 0.3) is 0 Å². The molecule has 21 heavy (non-hydrogen) atoms. The summed E-state index contributed by atoms with van der Waals surface area (Å²) < 4.78 is 0. The van der Waals surface area contributed by atoms with E-state index in [1.165, 1.54) is 4.90 Å². The van der Waals surface area contributed by atoms with Crippen molar-refractivity contribution < 1.29 is 14.7 Å². The normalized spacial score (nSPS) is 18.0. The van der Waals surface area contributed by atoms with Crippen LogP contribution in [0.1, 0.15) is 31.9 Å². The van der Waals surface area contributed by atoms with Crippen LogP contribution in [0, 0.1) is 5.41 Å².